The lowest BCUT2D eigenvalue weighted by molar-refractivity contribution is -0.137. The molecule has 1 aromatic carbocycles. The normalized spacial score (nSPS) is 16.9. The molecule has 3 aromatic rings. The first kappa shape index (κ1) is 20.0. The molecule has 7 nitrogen and oxygen atoms in total. The van der Waals surface area contributed by atoms with Gasteiger partial charge in [0.15, 0.2) is 0 Å². The summed E-state index contributed by atoms with van der Waals surface area (Å²) < 4.78 is 74.0. The molecule has 0 radical (unpaired) electrons. The van der Waals surface area contributed by atoms with Crippen LogP contribution >= 0.6 is 11.7 Å². The van der Waals surface area contributed by atoms with Crippen molar-refractivity contribution in [3.8, 4) is 0 Å². The summed E-state index contributed by atoms with van der Waals surface area (Å²) in [6.45, 7) is 1.31. The van der Waals surface area contributed by atoms with Crippen LogP contribution in [0.4, 0.5) is 19.0 Å². The van der Waals surface area contributed by atoms with Gasteiger partial charge in [-0.15, -0.1) is 0 Å². The topological polar surface area (TPSA) is 79.3 Å². The number of nitrogens with zero attached hydrogens (tertiary/aromatic N) is 5. The van der Waals surface area contributed by atoms with Crippen molar-refractivity contribution in [2.75, 3.05) is 31.1 Å². The SMILES string of the molecule is O=S(=O)(c1cccc2nsnc12)N1CCCN(c2ccc(C(F)(F)F)cn2)CC1. The number of hydrogen-bond acceptors (Lipinski definition) is 7. The molecular formula is C17H16F3N5O2S2. The molecule has 3 heterocycles. The quantitative estimate of drug-likeness (QED) is 0.619. The summed E-state index contributed by atoms with van der Waals surface area (Å²) in [6.07, 6.45) is -3.13. The van der Waals surface area contributed by atoms with Crippen LogP contribution in [0, 0.1) is 0 Å². The number of sulfonamides is 1. The summed E-state index contributed by atoms with van der Waals surface area (Å²) in [6, 6.07) is 7.15. The number of benzene rings is 1. The number of hydrogen-bond donors (Lipinski definition) is 0. The van der Waals surface area contributed by atoms with Crippen molar-refractivity contribution in [2.45, 2.75) is 17.5 Å². The highest BCUT2D eigenvalue weighted by atomic mass is 32.2. The maximum Gasteiger partial charge on any atom is 0.417 e. The van der Waals surface area contributed by atoms with Gasteiger partial charge in [0.25, 0.3) is 0 Å². The van der Waals surface area contributed by atoms with E-state index in [1.54, 1.807) is 17.0 Å². The third-order valence-electron chi connectivity index (χ3n) is 4.72. The van der Waals surface area contributed by atoms with Crippen molar-refractivity contribution >= 4 is 38.6 Å². The predicted molar refractivity (Wildman–Crippen MR) is 102 cm³/mol. The Hall–Kier alpha value is -2.31. The highest BCUT2D eigenvalue weighted by molar-refractivity contribution is 7.89. The fourth-order valence-electron chi connectivity index (χ4n) is 3.23. The number of rotatable bonds is 3. The summed E-state index contributed by atoms with van der Waals surface area (Å²) in [4.78, 5) is 5.82. The summed E-state index contributed by atoms with van der Waals surface area (Å²) in [5.74, 6) is 0.392. The molecule has 0 spiro atoms. The van der Waals surface area contributed by atoms with Gasteiger partial charge in [0.05, 0.1) is 17.3 Å². The molecular weight excluding hydrogens is 427 g/mol. The first-order valence-electron chi connectivity index (χ1n) is 8.76. The Balaban J connectivity index is 1.54. The second-order valence-electron chi connectivity index (χ2n) is 6.54. The van der Waals surface area contributed by atoms with Crippen LogP contribution in [0.1, 0.15) is 12.0 Å². The maximum absolute atomic E-state index is 13.2. The van der Waals surface area contributed by atoms with Gasteiger partial charge in [-0.05, 0) is 30.7 Å². The minimum absolute atomic E-state index is 0.116. The van der Waals surface area contributed by atoms with E-state index in [0.29, 0.717) is 42.9 Å². The van der Waals surface area contributed by atoms with E-state index in [1.165, 1.54) is 16.4 Å². The Labute approximate surface area is 169 Å². The lowest BCUT2D eigenvalue weighted by atomic mass is 10.2. The van der Waals surface area contributed by atoms with Crippen molar-refractivity contribution in [1.29, 1.82) is 0 Å². The molecule has 1 saturated heterocycles. The Bertz CT molecular complexity index is 1120. The third kappa shape index (κ3) is 3.91. The molecule has 12 heteroatoms. The third-order valence-corrected chi connectivity index (χ3v) is 7.19. The maximum atomic E-state index is 13.2. The van der Waals surface area contributed by atoms with E-state index in [-0.39, 0.29) is 11.4 Å². The zero-order chi connectivity index (χ0) is 20.6. The Kier molecular flexibility index (Phi) is 5.17. The molecule has 2 aromatic heterocycles. The summed E-state index contributed by atoms with van der Waals surface area (Å²) in [5, 5.41) is 0. The molecule has 29 heavy (non-hydrogen) atoms. The van der Waals surface area contributed by atoms with Crippen molar-refractivity contribution in [2.24, 2.45) is 0 Å². The van der Waals surface area contributed by atoms with Gasteiger partial charge in [0.1, 0.15) is 21.7 Å². The lowest BCUT2D eigenvalue weighted by Gasteiger charge is -2.23. The molecule has 0 aliphatic carbocycles. The molecule has 0 saturated carbocycles. The van der Waals surface area contributed by atoms with Gasteiger partial charge in [-0.2, -0.15) is 26.2 Å². The van der Waals surface area contributed by atoms with Crippen LogP contribution in [0.5, 0.6) is 0 Å². The minimum atomic E-state index is -4.44. The van der Waals surface area contributed by atoms with Crippen LogP contribution in [0.15, 0.2) is 41.4 Å². The van der Waals surface area contributed by atoms with Crippen LogP contribution in [-0.2, 0) is 16.2 Å². The first-order valence-corrected chi connectivity index (χ1v) is 10.9. The molecule has 154 valence electrons. The first-order chi connectivity index (χ1) is 13.8. The number of fused-ring (bicyclic) bond motifs is 1. The van der Waals surface area contributed by atoms with Crippen LogP contribution in [0.2, 0.25) is 0 Å². The van der Waals surface area contributed by atoms with Crippen LogP contribution in [-0.4, -0.2) is 52.6 Å². The van der Waals surface area contributed by atoms with Gasteiger partial charge in [-0.3, -0.25) is 0 Å². The molecule has 0 amide bonds. The highest BCUT2D eigenvalue weighted by Gasteiger charge is 2.32. The fourth-order valence-corrected chi connectivity index (χ4v) is 5.45. The molecule has 0 unspecified atom stereocenters. The van der Waals surface area contributed by atoms with E-state index in [0.717, 1.165) is 24.0 Å². The predicted octanol–water partition coefficient (Wildman–Crippen LogP) is 3.01. The van der Waals surface area contributed by atoms with E-state index in [4.69, 9.17) is 0 Å². The monoisotopic (exact) mass is 443 g/mol. The standard InChI is InChI=1S/C17H16F3N5O2S2/c18-17(19,20)12-5-6-15(21-11-12)24-7-2-8-25(10-9-24)29(26,27)14-4-1-3-13-16(14)23-28-22-13/h1,3-6,11H,2,7-10H2. The van der Waals surface area contributed by atoms with Crippen LogP contribution in [0.3, 0.4) is 0 Å². The van der Waals surface area contributed by atoms with Crippen molar-refractivity contribution in [3.05, 3.63) is 42.1 Å². The second kappa shape index (κ2) is 7.50. The van der Waals surface area contributed by atoms with Crippen LogP contribution in [0.25, 0.3) is 11.0 Å². The Morgan fingerprint density at radius 3 is 2.55 bits per heavy atom. The summed E-state index contributed by atoms with van der Waals surface area (Å²) >= 11 is 0.955. The van der Waals surface area contributed by atoms with Gasteiger partial charge >= 0.3 is 6.18 Å². The van der Waals surface area contributed by atoms with Gasteiger partial charge in [0, 0.05) is 32.4 Å². The number of pyridine rings is 1. The highest BCUT2D eigenvalue weighted by Crippen LogP contribution is 2.30. The largest absolute Gasteiger partial charge is 0.417 e. The van der Waals surface area contributed by atoms with E-state index in [1.807, 2.05) is 0 Å². The lowest BCUT2D eigenvalue weighted by Crippen LogP contribution is -2.35. The van der Waals surface area contributed by atoms with Gasteiger partial charge in [0.2, 0.25) is 10.0 Å². The number of halogens is 3. The smallest absolute Gasteiger partial charge is 0.355 e. The van der Waals surface area contributed by atoms with Crippen molar-refractivity contribution in [3.63, 3.8) is 0 Å². The van der Waals surface area contributed by atoms with E-state index < -0.39 is 21.8 Å². The van der Waals surface area contributed by atoms with Gasteiger partial charge in [-0.25, -0.2) is 13.4 Å². The van der Waals surface area contributed by atoms with E-state index in [9.17, 15) is 21.6 Å². The molecule has 0 N–H and O–H groups in total. The zero-order valence-electron chi connectivity index (χ0n) is 15.0. The second-order valence-corrected chi connectivity index (χ2v) is 8.97. The molecule has 0 atom stereocenters. The minimum Gasteiger partial charge on any atom is -0.355 e. The zero-order valence-corrected chi connectivity index (χ0v) is 16.6. The number of aromatic nitrogens is 3. The number of alkyl halides is 3. The van der Waals surface area contributed by atoms with Crippen molar-refractivity contribution < 1.29 is 21.6 Å². The average Bonchev–Trinajstić information content (AvgIpc) is 3.02. The van der Waals surface area contributed by atoms with Crippen molar-refractivity contribution in [1.82, 2.24) is 18.0 Å². The summed E-state index contributed by atoms with van der Waals surface area (Å²) in [7, 11) is -3.77. The van der Waals surface area contributed by atoms with Crippen LogP contribution < -0.4 is 4.90 Å². The van der Waals surface area contributed by atoms with E-state index in [2.05, 4.69) is 13.7 Å². The molecule has 1 aliphatic heterocycles. The molecule has 0 bridgehead atoms. The average molecular weight is 443 g/mol. The fraction of sp³-hybridized carbons (Fsp3) is 0.353. The number of anilines is 1. The van der Waals surface area contributed by atoms with Gasteiger partial charge in [-0.1, -0.05) is 6.07 Å². The Morgan fingerprint density at radius 1 is 1.00 bits per heavy atom. The molecule has 1 fully saturated rings. The summed E-state index contributed by atoms with van der Waals surface area (Å²) in [5.41, 5.74) is 0.0646. The van der Waals surface area contributed by atoms with E-state index >= 15 is 0 Å². The Morgan fingerprint density at radius 2 is 1.83 bits per heavy atom. The molecule has 1 aliphatic rings. The van der Waals surface area contributed by atoms with Gasteiger partial charge < -0.3 is 4.90 Å². The molecule has 4 rings (SSSR count).